The molecular weight excluding hydrogens is 599 g/mol. The van der Waals surface area contributed by atoms with E-state index < -0.39 is 11.0 Å². The van der Waals surface area contributed by atoms with E-state index >= 15 is 0 Å². The van der Waals surface area contributed by atoms with E-state index in [0.29, 0.717) is 35.2 Å². The lowest BCUT2D eigenvalue weighted by atomic mass is 9.48. The van der Waals surface area contributed by atoms with Crippen molar-refractivity contribution >= 4 is 35.1 Å². The summed E-state index contributed by atoms with van der Waals surface area (Å²) in [5.41, 5.74) is 1.88. The number of piperidine rings is 1. The first-order chi connectivity index (χ1) is 21.1. The molecule has 2 saturated carbocycles. The van der Waals surface area contributed by atoms with Gasteiger partial charge in [0.2, 0.25) is 5.91 Å². The Morgan fingerprint density at radius 1 is 1.11 bits per heavy atom. The number of benzene rings is 2. The lowest BCUT2D eigenvalue weighted by molar-refractivity contribution is -0.224. The lowest BCUT2D eigenvalue weighted by Gasteiger charge is -2.65. The molecule has 2 heterocycles. The van der Waals surface area contributed by atoms with Crippen molar-refractivity contribution in [3.8, 4) is 11.5 Å². The molecule has 2 bridgehead atoms. The molecular formula is C35H42Cl2N2O5. The van der Waals surface area contributed by atoms with Crippen molar-refractivity contribution in [2.75, 3.05) is 26.7 Å². The van der Waals surface area contributed by atoms with E-state index in [1.165, 1.54) is 25.3 Å². The molecule has 9 heteroatoms. The number of amides is 1. The van der Waals surface area contributed by atoms with Gasteiger partial charge in [-0.15, -0.1) is 0 Å². The standard InChI is InChI=1S/C35H42Cl2N2O5/c1-20(2)18-39(30(41)16-23-7-9-25(36)26(37)15-23)27-11-12-35(44-21(3)40)29-17-24-8-10-28(42-4)32-31(24)34(35,33(27)43-32)13-14-38(29)19-22-5-6-22/h7-10,15,20,22,27,29,33H,5-6,11-14,16-19H2,1-4H3/t27-,29+,33-,34-,35+/m0/s1. The van der Waals surface area contributed by atoms with E-state index in [0.717, 1.165) is 48.7 Å². The number of carbonyl (C=O) groups is 2. The van der Waals surface area contributed by atoms with E-state index in [1.54, 1.807) is 19.2 Å². The van der Waals surface area contributed by atoms with Crippen molar-refractivity contribution in [3.05, 3.63) is 57.1 Å². The van der Waals surface area contributed by atoms with Gasteiger partial charge in [-0.2, -0.15) is 0 Å². The second-order valence-corrected chi connectivity index (χ2v) is 14.8. The molecule has 1 saturated heterocycles. The third kappa shape index (κ3) is 4.63. The molecule has 44 heavy (non-hydrogen) atoms. The Morgan fingerprint density at radius 2 is 1.91 bits per heavy atom. The van der Waals surface area contributed by atoms with Gasteiger partial charge >= 0.3 is 5.97 Å². The van der Waals surface area contributed by atoms with Gasteiger partial charge in [-0.1, -0.05) is 49.2 Å². The van der Waals surface area contributed by atoms with Crippen LogP contribution in [0.2, 0.25) is 10.0 Å². The molecule has 0 unspecified atom stereocenters. The van der Waals surface area contributed by atoms with Gasteiger partial charge in [-0.05, 0) is 86.2 Å². The van der Waals surface area contributed by atoms with Gasteiger partial charge in [-0.25, -0.2) is 0 Å². The molecule has 3 aliphatic carbocycles. The number of likely N-dealkylation sites (tertiary alicyclic amines) is 1. The Kier molecular flexibility index (Phi) is 7.61. The van der Waals surface area contributed by atoms with Gasteiger partial charge < -0.3 is 19.1 Å². The van der Waals surface area contributed by atoms with Gasteiger partial charge in [0.25, 0.3) is 0 Å². The molecule has 5 atom stereocenters. The highest BCUT2D eigenvalue weighted by molar-refractivity contribution is 6.42. The molecule has 7 nitrogen and oxygen atoms in total. The number of rotatable bonds is 9. The normalized spacial score (nSPS) is 30.0. The van der Waals surface area contributed by atoms with Crippen molar-refractivity contribution in [2.45, 2.75) is 94.9 Å². The van der Waals surface area contributed by atoms with Gasteiger partial charge in [0.15, 0.2) is 11.5 Å². The molecule has 236 valence electrons. The SMILES string of the molecule is COc1ccc2c3c1O[C@H]1[C@@H](N(CC(C)C)C(=O)Cc4ccc(Cl)c(Cl)c4)CC[C@@]4(OC(C)=O)[C@@H](C2)N(CC2CC2)CC[C@]314. The predicted molar refractivity (Wildman–Crippen MR) is 170 cm³/mol. The molecule has 2 aromatic carbocycles. The lowest BCUT2D eigenvalue weighted by Crippen LogP contribution is -2.79. The number of esters is 1. The maximum atomic E-state index is 14.3. The summed E-state index contributed by atoms with van der Waals surface area (Å²) in [6, 6.07) is 9.44. The maximum Gasteiger partial charge on any atom is 0.303 e. The van der Waals surface area contributed by atoms with Crippen LogP contribution in [0.5, 0.6) is 11.5 Å². The molecule has 0 aromatic heterocycles. The van der Waals surface area contributed by atoms with Crippen molar-refractivity contribution in [1.82, 2.24) is 9.80 Å². The third-order valence-corrected chi connectivity index (χ3v) is 11.6. The fourth-order valence-electron chi connectivity index (χ4n) is 9.10. The number of ether oxygens (including phenoxy) is 3. The van der Waals surface area contributed by atoms with Crippen LogP contribution in [0.25, 0.3) is 0 Å². The first-order valence-electron chi connectivity index (χ1n) is 16.1. The first-order valence-corrected chi connectivity index (χ1v) is 16.9. The van der Waals surface area contributed by atoms with Gasteiger partial charge in [0.05, 0.1) is 41.1 Å². The van der Waals surface area contributed by atoms with E-state index in [2.05, 4.69) is 24.8 Å². The number of nitrogens with zero attached hydrogens (tertiary/aromatic N) is 2. The van der Waals surface area contributed by atoms with Crippen LogP contribution < -0.4 is 9.47 Å². The Labute approximate surface area is 270 Å². The summed E-state index contributed by atoms with van der Waals surface area (Å²) in [6.45, 7) is 8.37. The zero-order valence-electron chi connectivity index (χ0n) is 26.0. The molecule has 1 spiro atoms. The van der Waals surface area contributed by atoms with Crippen LogP contribution in [0, 0.1) is 11.8 Å². The van der Waals surface area contributed by atoms with E-state index in [1.807, 2.05) is 17.0 Å². The minimum absolute atomic E-state index is 0.0312. The fourth-order valence-corrected chi connectivity index (χ4v) is 9.42. The minimum Gasteiger partial charge on any atom is -0.493 e. The minimum atomic E-state index is -0.742. The number of hydrogen-bond acceptors (Lipinski definition) is 6. The van der Waals surface area contributed by atoms with Gasteiger partial charge in [0, 0.05) is 25.6 Å². The summed E-state index contributed by atoms with van der Waals surface area (Å²) in [5, 5.41) is 0.910. The van der Waals surface area contributed by atoms with Crippen LogP contribution in [0.1, 0.15) is 69.6 Å². The summed E-state index contributed by atoms with van der Waals surface area (Å²) in [5.74, 6) is 2.20. The van der Waals surface area contributed by atoms with Gasteiger partial charge in [-0.3, -0.25) is 14.5 Å². The first kappa shape index (κ1) is 30.2. The van der Waals surface area contributed by atoms with Crippen LogP contribution in [0.3, 0.4) is 0 Å². The van der Waals surface area contributed by atoms with Crippen molar-refractivity contribution in [2.24, 2.45) is 11.8 Å². The largest absolute Gasteiger partial charge is 0.493 e. The Hall–Kier alpha value is -2.48. The highest BCUT2D eigenvalue weighted by atomic mass is 35.5. The Bertz CT molecular complexity index is 1490. The number of hydrogen-bond donors (Lipinski definition) is 0. The summed E-state index contributed by atoms with van der Waals surface area (Å²) in [7, 11) is 1.67. The van der Waals surface area contributed by atoms with Crippen molar-refractivity contribution < 1.29 is 23.8 Å². The van der Waals surface area contributed by atoms with Crippen LogP contribution in [0.15, 0.2) is 30.3 Å². The molecule has 1 amide bonds. The molecule has 2 aromatic rings. The molecule has 5 aliphatic rings. The Balaban J connectivity index is 1.34. The third-order valence-electron chi connectivity index (χ3n) is 10.8. The second kappa shape index (κ2) is 11.1. The average molecular weight is 642 g/mol. The number of carbonyl (C=O) groups excluding carboxylic acids is 2. The summed E-state index contributed by atoms with van der Waals surface area (Å²) in [6.07, 6.45) is 5.34. The summed E-state index contributed by atoms with van der Waals surface area (Å²) < 4.78 is 19.6. The van der Waals surface area contributed by atoms with Crippen LogP contribution in [0.4, 0.5) is 0 Å². The molecule has 0 N–H and O–H groups in total. The molecule has 0 radical (unpaired) electrons. The van der Waals surface area contributed by atoms with Crippen molar-refractivity contribution in [1.29, 1.82) is 0 Å². The number of halogens is 2. The highest BCUT2D eigenvalue weighted by Crippen LogP contribution is 2.67. The summed E-state index contributed by atoms with van der Waals surface area (Å²) in [4.78, 5) is 31.9. The topological polar surface area (TPSA) is 68.3 Å². The van der Waals surface area contributed by atoms with Crippen LogP contribution in [-0.4, -0.2) is 72.2 Å². The number of methoxy groups -OCH3 is 1. The van der Waals surface area contributed by atoms with Crippen LogP contribution in [-0.2, 0) is 32.6 Å². The van der Waals surface area contributed by atoms with E-state index in [-0.39, 0.29) is 42.4 Å². The van der Waals surface area contributed by atoms with E-state index in [4.69, 9.17) is 37.4 Å². The Morgan fingerprint density at radius 3 is 2.59 bits per heavy atom. The maximum absolute atomic E-state index is 14.3. The van der Waals surface area contributed by atoms with Crippen LogP contribution >= 0.6 is 23.2 Å². The fraction of sp³-hybridized carbons (Fsp3) is 0.600. The highest BCUT2D eigenvalue weighted by Gasteiger charge is 2.76. The smallest absolute Gasteiger partial charge is 0.303 e. The molecule has 2 aliphatic heterocycles. The average Bonchev–Trinajstić information content (AvgIpc) is 3.72. The molecule has 7 rings (SSSR count). The van der Waals surface area contributed by atoms with Gasteiger partial charge in [0.1, 0.15) is 11.7 Å². The monoisotopic (exact) mass is 640 g/mol. The van der Waals surface area contributed by atoms with Crippen molar-refractivity contribution in [3.63, 3.8) is 0 Å². The zero-order chi connectivity index (χ0) is 31.0. The quantitative estimate of drug-likeness (QED) is 0.303. The molecule has 3 fully saturated rings. The summed E-state index contributed by atoms with van der Waals surface area (Å²) >= 11 is 12.5. The predicted octanol–water partition coefficient (Wildman–Crippen LogP) is 6.23. The van der Waals surface area contributed by atoms with E-state index in [9.17, 15) is 9.59 Å². The zero-order valence-corrected chi connectivity index (χ0v) is 27.5. The second-order valence-electron chi connectivity index (χ2n) is 14.0.